The molecule has 0 radical (unpaired) electrons. The molecule has 2 rings (SSSR count). The second kappa shape index (κ2) is 8.68. The molecule has 1 aliphatic heterocycles. The highest BCUT2D eigenvalue weighted by Crippen LogP contribution is 2.37. The van der Waals surface area contributed by atoms with Gasteiger partial charge in [-0.15, -0.1) is 0 Å². The molecule has 1 aromatic carbocycles. The van der Waals surface area contributed by atoms with Crippen LogP contribution in [-0.4, -0.2) is 46.0 Å². The fraction of sp³-hybridized carbons (Fsp3) is 0.667. The van der Waals surface area contributed by atoms with E-state index in [0.717, 1.165) is 32.7 Å². The summed E-state index contributed by atoms with van der Waals surface area (Å²) in [6.07, 6.45) is 0.914. The summed E-state index contributed by atoms with van der Waals surface area (Å²) in [5, 5.41) is 0.212. The Kier molecular flexibility index (Phi) is 7.05. The van der Waals surface area contributed by atoms with Crippen LogP contribution in [0.1, 0.15) is 32.8 Å². The van der Waals surface area contributed by atoms with E-state index in [1.807, 2.05) is 6.07 Å². The van der Waals surface area contributed by atoms with Crippen molar-refractivity contribution in [2.24, 2.45) is 11.8 Å². The lowest BCUT2D eigenvalue weighted by molar-refractivity contribution is -0.146. The normalized spacial score (nSPS) is 21.8. The predicted molar refractivity (Wildman–Crippen MR) is 108 cm³/mol. The average Bonchev–Trinajstić information content (AvgIpc) is 2.96. The number of rotatable bonds is 7. The van der Waals surface area contributed by atoms with Gasteiger partial charge in [0, 0.05) is 26.2 Å². The van der Waals surface area contributed by atoms with Gasteiger partial charge in [-0.1, -0.05) is 51.1 Å². The summed E-state index contributed by atoms with van der Waals surface area (Å²) in [5.41, 5.74) is 1.29. The zero-order valence-electron chi connectivity index (χ0n) is 17.2. The van der Waals surface area contributed by atoms with Crippen molar-refractivity contribution in [1.82, 2.24) is 4.90 Å². The van der Waals surface area contributed by atoms with Gasteiger partial charge in [0.1, 0.15) is 0 Å². The third-order valence-electron chi connectivity index (χ3n) is 6.03. The second-order valence-corrected chi connectivity index (χ2v) is 13.8. The summed E-state index contributed by atoms with van der Waals surface area (Å²) >= 11 is 0. The molecule has 1 heterocycles. The van der Waals surface area contributed by atoms with Crippen molar-refractivity contribution in [1.29, 1.82) is 0 Å². The minimum Gasteiger partial charge on any atom is -0.469 e. The van der Waals surface area contributed by atoms with E-state index in [4.69, 9.17) is 9.16 Å². The van der Waals surface area contributed by atoms with Gasteiger partial charge >= 0.3 is 5.97 Å². The molecule has 0 aliphatic carbocycles. The summed E-state index contributed by atoms with van der Waals surface area (Å²) in [5.74, 6) is 0.167. The van der Waals surface area contributed by atoms with Gasteiger partial charge in [0.2, 0.25) is 0 Å². The lowest BCUT2D eigenvalue weighted by atomic mass is 9.93. The number of methoxy groups -OCH3 is 1. The number of nitrogens with zero attached hydrogens (tertiary/aromatic N) is 1. The van der Waals surface area contributed by atoms with Crippen LogP contribution in [0.3, 0.4) is 0 Å². The SMILES string of the molecule is COC(=O)C1CN(Cc2ccccc2)CC1CCO[Si](C)(C)C(C)(C)C. The molecular weight excluding hydrogens is 342 g/mol. The lowest BCUT2D eigenvalue weighted by Crippen LogP contribution is -2.41. The summed E-state index contributed by atoms with van der Waals surface area (Å²) < 4.78 is 11.4. The van der Waals surface area contributed by atoms with E-state index in [2.05, 4.69) is 63.0 Å². The Morgan fingerprint density at radius 1 is 1.19 bits per heavy atom. The van der Waals surface area contributed by atoms with E-state index < -0.39 is 8.32 Å². The number of carbonyl (C=O) groups is 1. The minimum atomic E-state index is -1.74. The van der Waals surface area contributed by atoms with Gasteiger partial charge < -0.3 is 9.16 Å². The van der Waals surface area contributed by atoms with Crippen molar-refractivity contribution < 1.29 is 14.0 Å². The number of hydrogen-bond donors (Lipinski definition) is 0. The van der Waals surface area contributed by atoms with Crippen LogP contribution in [0, 0.1) is 11.8 Å². The van der Waals surface area contributed by atoms with Crippen LogP contribution >= 0.6 is 0 Å². The summed E-state index contributed by atoms with van der Waals surface area (Å²) in [7, 11) is -0.251. The third-order valence-corrected chi connectivity index (χ3v) is 10.6. The molecule has 0 amide bonds. The molecule has 0 saturated carbocycles. The van der Waals surface area contributed by atoms with E-state index in [0.29, 0.717) is 5.92 Å². The van der Waals surface area contributed by atoms with E-state index in [9.17, 15) is 4.79 Å². The highest BCUT2D eigenvalue weighted by atomic mass is 28.4. The highest BCUT2D eigenvalue weighted by Gasteiger charge is 2.40. The topological polar surface area (TPSA) is 38.8 Å². The largest absolute Gasteiger partial charge is 0.469 e. The molecule has 5 heteroatoms. The van der Waals surface area contributed by atoms with E-state index in [1.165, 1.54) is 12.7 Å². The number of hydrogen-bond acceptors (Lipinski definition) is 4. The lowest BCUT2D eigenvalue weighted by Gasteiger charge is -2.36. The molecule has 0 bridgehead atoms. The minimum absolute atomic E-state index is 0.0493. The number of ether oxygens (including phenoxy) is 1. The number of likely N-dealkylation sites (tertiary alicyclic amines) is 1. The van der Waals surface area contributed by atoms with Crippen molar-refractivity contribution in [3.63, 3.8) is 0 Å². The summed E-state index contributed by atoms with van der Waals surface area (Å²) in [6, 6.07) is 10.4. The smallest absolute Gasteiger partial charge is 0.310 e. The molecule has 1 aromatic rings. The molecule has 1 saturated heterocycles. The maximum Gasteiger partial charge on any atom is 0.310 e. The molecule has 0 aromatic heterocycles. The maximum atomic E-state index is 12.3. The molecule has 1 fully saturated rings. The van der Waals surface area contributed by atoms with Gasteiger partial charge in [0.05, 0.1) is 13.0 Å². The Morgan fingerprint density at radius 2 is 1.85 bits per heavy atom. The van der Waals surface area contributed by atoms with Crippen LogP contribution in [0.5, 0.6) is 0 Å². The van der Waals surface area contributed by atoms with Crippen molar-refractivity contribution in [3.05, 3.63) is 35.9 Å². The molecule has 0 spiro atoms. The molecule has 1 aliphatic rings. The fourth-order valence-corrected chi connectivity index (χ4v) is 4.39. The molecule has 26 heavy (non-hydrogen) atoms. The molecular formula is C21H35NO3Si. The summed E-state index contributed by atoms with van der Waals surface area (Å²) in [4.78, 5) is 14.6. The predicted octanol–water partition coefficient (Wildman–Crippen LogP) is 4.32. The zero-order chi connectivity index (χ0) is 19.4. The monoisotopic (exact) mass is 377 g/mol. The Balaban J connectivity index is 1.95. The Hall–Kier alpha value is -1.17. The first-order valence-electron chi connectivity index (χ1n) is 9.62. The molecule has 0 N–H and O–H groups in total. The van der Waals surface area contributed by atoms with Crippen molar-refractivity contribution in [3.8, 4) is 0 Å². The van der Waals surface area contributed by atoms with Gasteiger partial charge in [0.15, 0.2) is 8.32 Å². The first-order chi connectivity index (χ1) is 12.1. The summed E-state index contributed by atoms with van der Waals surface area (Å²) in [6.45, 7) is 14.6. The van der Waals surface area contributed by atoms with Crippen LogP contribution < -0.4 is 0 Å². The highest BCUT2D eigenvalue weighted by molar-refractivity contribution is 6.74. The zero-order valence-corrected chi connectivity index (χ0v) is 18.2. The van der Waals surface area contributed by atoms with Crippen LogP contribution in [-0.2, 0) is 20.5 Å². The molecule has 146 valence electrons. The van der Waals surface area contributed by atoms with Gasteiger partial charge in [-0.05, 0) is 36.0 Å². The standard InChI is InChI=1S/C21H35NO3Si/c1-21(2,3)26(5,6)25-13-12-18-15-22(16-19(18)20(23)24-4)14-17-10-8-7-9-11-17/h7-11,18-19H,12-16H2,1-6H3. The number of esters is 1. The number of benzene rings is 1. The van der Waals surface area contributed by atoms with Crippen molar-refractivity contribution in [2.45, 2.75) is 51.9 Å². The Labute approximate surface area is 160 Å². The number of carbonyl (C=O) groups excluding carboxylic acids is 1. The van der Waals surface area contributed by atoms with Crippen LogP contribution in [0.15, 0.2) is 30.3 Å². The molecule has 2 atom stereocenters. The van der Waals surface area contributed by atoms with E-state index >= 15 is 0 Å². The first kappa shape index (κ1) is 21.1. The van der Waals surface area contributed by atoms with Gasteiger partial charge in [-0.25, -0.2) is 0 Å². The van der Waals surface area contributed by atoms with Crippen molar-refractivity contribution >= 4 is 14.3 Å². The second-order valence-electron chi connectivity index (χ2n) is 8.97. The maximum absolute atomic E-state index is 12.3. The van der Waals surface area contributed by atoms with Gasteiger partial charge in [-0.3, -0.25) is 9.69 Å². The Morgan fingerprint density at radius 3 is 2.42 bits per heavy atom. The quantitative estimate of drug-likeness (QED) is 0.524. The molecule has 4 nitrogen and oxygen atoms in total. The van der Waals surface area contributed by atoms with Gasteiger partial charge in [-0.2, -0.15) is 0 Å². The van der Waals surface area contributed by atoms with Crippen molar-refractivity contribution in [2.75, 3.05) is 26.8 Å². The van der Waals surface area contributed by atoms with E-state index in [-0.39, 0.29) is 16.9 Å². The van der Waals surface area contributed by atoms with E-state index in [1.54, 1.807) is 0 Å². The molecule has 2 unspecified atom stereocenters. The Bertz CT molecular complexity index is 583. The van der Waals surface area contributed by atoms with Gasteiger partial charge in [0.25, 0.3) is 0 Å². The average molecular weight is 378 g/mol. The van der Waals surface area contributed by atoms with Crippen LogP contribution in [0.4, 0.5) is 0 Å². The first-order valence-corrected chi connectivity index (χ1v) is 12.5. The van der Waals surface area contributed by atoms with Crippen LogP contribution in [0.25, 0.3) is 0 Å². The fourth-order valence-electron chi connectivity index (χ4n) is 3.32. The van der Waals surface area contributed by atoms with Crippen LogP contribution in [0.2, 0.25) is 18.1 Å². The third kappa shape index (κ3) is 5.41.